The van der Waals surface area contributed by atoms with E-state index in [1.807, 2.05) is 18.2 Å². The lowest BCUT2D eigenvalue weighted by molar-refractivity contribution is -0.122. The predicted octanol–water partition coefficient (Wildman–Crippen LogP) is 3.70. The van der Waals surface area contributed by atoms with E-state index in [2.05, 4.69) is 16.3 Å². The highest BCUT2D eigenvalue weighted by atomic mass is 35.5. The zero-order valence-corrected chi connectivity index (χ0v) is 16.8. The zero-order valence-electron chi connectivity index (χ0n) is 15.3. The molecule has 0 aliphatic carbocycles. The number of nitrogens with zero attached hydrogens (tertiary/aromatic N) is 2. The molecule has 146 valence electrons. The molecule has 2 aliphatic rings. The van der Waals surface area contributed by atoms with Crippen LogP contribution in [0.3, 0.4) is 0 Å². The molecule has 5 nitrogen and oxygen atoms in total. The number of carbonyl (C=O) groups is 2. The summed E-state index contributed by atoms with van der Waals surface area (Å²) in [4.78, 5) is 29.5. The molecule has 0 spiro atoms. The van der Waals surface area contributed by atoms with Gasteiger partial charge in [-0.3, -0.25) is 14.5 Å². The van der Waals surface area contributed by atoms with Gasteiger partial charge in [0, 0.05) is 31.9 Å². The molecule has 4 rings (SSSR count). The molecule has 0 radical (unpaired) electrons. The molecule has 2 aromatic rings. The smallest absolute Gasteiger partial charge is 0.256 e. The second kappa shape index (κ2) is 8.11. The first-order chi connectivity index (χ1) is 13.5. The molecule has 2 aliphatic heterocycles. The van der Waals surface area contributed by atoms with Gasteiger partial charge in [-0.15, -0.1) is 0 Å². The SMILES string of the molecule is O=C1Nc2ccccc2CCC1N1CCN(C(=O)c2c(Cl)cccc2Cl)CC1. The van der Waals surface area contributed by atoms with Crippen molar-refractivity contribution >= 4 is 40.7 Å². The van der Waals surface area contributed by atoms with Crippen LogP contribution in [-0.2, 0) is 11.2 Å². The van der Waals surface area contributed by atoms with Crippen LogP contribution in [0.2, 0.25) is 10.0 Å². The fourth-order valence-electron chi connectivity index (χ4n) is 3.94. The Hall–Kier alpha value is -2.08. The highest BCUT2D eigenvalue weighted by Gasteiger charge is 2.33. The third kappa shape index (κ3) is 3.75. The number of nitrogens with one attached hydrogen (secondary N) is 1. The first-order valence-electron chi connectivity index (χ1n) is 9.40. The van der Waals surface area contributed by atoms with E-state index in [-0.39, 0.29) is 17.9 Å². The molecule has 2 amide bonds. The summed E-state index contributed by atoms with van der Waals surface area (Å²) in [7, 11) is 0. The van der Waals surface area contributed by atoms with Gasteiger partial charge in [0.2, 0.25) is 5.91 Å². The minimum atomic E-state index is -0.187. The molecule has 2 heterocycles. The fraction of sp³-hybridized carbons (Fsp3) is 0.333. The number of halogens is 2. The lowest BCUT2D eigenvalue weighted by atomic mass is 10.0. The molecule has 1 unspecified atom stereocenters. The number of benzene rings is 2. The van der Waals surface area contributed by atoms with Crippen LogP contribution in [0.15, 0.2) is 42.5 Å². The molecule has 1 fully saturated rings. The third-order valence-electron chi connectivity index (χ3n) is 5.48. The van der Waals surface area contributed by atoms with Gasteiger partial charge < -0.3 is 10.2 Å². The maximum absolute atomic E-state index is 12.9. The van der Waals surface area contributed by atoms with Crippen molar-refractivity contribution in [2.75, 3.05) is 31.5 Å². The molecule has 1 N–H and O–H groups in total. The van der Waals surface area contributed by atoms with Gasteiger partial charge in [-0.25, -0.2) is 0 Å². The second-order valence-electron chi connectivity index (χ2n) is 7.13. The number of hydrogen-bond acceptors (Lipinski definition) is 3. The molecule has 1 saturated heterocycles. The van der Waals surface area contributed by atoms with Gasteiger partial charge in [0.05, 0.1) is 21.7 Å². The number of para-hydroxylation sites is 1. The Labute approximate surface area is 174 Å². The summed E-state index contributed by atoms with van der Waals surface area (Å²) in [6.45, 7) is 2.36. The second-order valence-corrected chi connectivity index (χ2v) is 7.94. The van der Waals surface area contributed by atoms with E-state index in [1.165, 1.54) is 5.56 Å². The molecule has 0 aromatic heterocycles. The Morgan fingerprint density at radius 1 is 0.964 bits per heavy atom. The lowest BCUT2D eigenvalue weighted by Gasteiger charge is -2.38. The number of fused-ring (bicyclic) bond motifs is 1. The Balaban J connectivity index is 1.42. The summed E-state index contributed by atoms with van der Waals surface area (Å²) in [6.07, 6.45) is 1.63. The Morgan fingerprint density at radius 3 is 2.36 bits per heavy atom. The van der Waals surface area contributed by atoms with Gasteiger partial charge in [0.25, 0.3) is 5.91 Å². The van der Waals surface area contributed by atoms with Gasteiger partial charge >= 0.3 is 0 Å². The molecule has 28 heavy (non-hydrogen) atoms. The number of piperazine rings is 1. The third-order valence-corrected chi connectivity index (χ3v) is 6.11. The molecule has 2 aromatic carbocycles. The number of hydrogen-bond donors (Lipinski definition) is 1. The number of amides is 2. The number of carbonyl (C=O) groups excluding carboxylic acids is 2. The standard InChI is InChI=1S/C21H21Cl2N3O2/c22-15-5-3-6-16(23)19(15)21(28)26-12-10-25(11-13-26)18-9-8-14-4-1-2-7-17(14)24-20(18)27/h1-7,18H,8-13H2,(H,24,27). The average molecular weight is 418 g/mol. The summed E-state index contributed by atoms with van der Waals surface area (Å²) in [5, 5.41) is 3.77. The number of anilines is 1. The van der Waals surface area contributed by atoms with E-state index in [1.54, 1.807) is 23.1 Å². The van der Waals surface area contributed by atoms with E-state index >= 15 is 0 Å². The van der Waals surface area contributed by atoms with Gasteiger partial charge in [-0.2, -0.15) is 0 Å². The first kappa shape index (κ1) is 19.2. The van der Waals surface area contributed by atoms with Crippen molar-refractivity contribution in [1.82, 2.24) is 9.80 Å². The van der Waals surface area contributed by atoms with Crippen molar-refractivity contribution in [3.8, 4) is 0 Å². The summed E-state index contributed by atoms with van der Waals surface area (Å²) >= 11 is 12.4. The predicted molar refractivity (Wildman–Crippen MR) is 111 cm³/mol. The van der Waals surface area contributed by atoms with Crippen LogP contribution in [0.1, 0.15) is 22.3 Å². The number of rotatable bonds is 2. The molecular weight excluding hydrogens is 397 g/mol. The zero-order chi connectivity index (χ0) is 19.7. The van der Waals surface area contributed by atoms with E-state index in [9.17, 15) is 9.59 Å². The molecule has 7 heteroatoms. The lowest BCUT2D eigenvalue weighted by Crippen LogP contribution is -2.54. The van der Waals surface area contributed by atoms with Crippen molar-refractivity contribution in [3.63, 3.8) is 0 Å². The Morgan fingerprint density at radius 2 is 1.64 bits per heavy atom. The van der Waals surface area contributed by atoms with Crippen molar-refractivity contribution in [2.24, 2.45) is 0 Å². The largest absolute Gasteiger partial charge is 0.336 e. The maximum atomic E-state index is 12.9. The quantitative estimate of drug-likeness (QED) is 0.809. The van der Waals surface area contributed by atoms with E-state index in [4.69, 9.17) is 23.2 Å². The Bertz CT molecular complexity index is 890. The van der Waals surface area contributed by atoms with Crippen molar-refractivity contribution in [3.05, 3.63) is 63.6 Å². The molecule has 0 saturated carbocycles. The average Bonchev–Trinajstić information content (AvgIpc) is 2.86. The van der Waals surface area contributed by atoms with Crippen LogP contribution < -0.4 is 5.32 Å². The normalized spacial score (nSPS) is 20.3. The first-order valence-corrected chi connectivity index (χ1v) is 10.2. The molecule has 1 atom stereocenters. The van der Waals surface area contributed by atoms with Gasteiger partial charge in [0.1, 0.15) is 0 Å². The monoisotopic (exact) mass is 417 g/mol. The van der Waals surface area contributed by atoms with Crippen LogP contribution >= 0.6 is 23.2 Å². The van der Waals surface area contributed by atoms with Crippen LogP contribution in [0.4, 0.5) is 5.69 Å². The summed E-state index contributed by atoms with van der Waals surface area (Å²) in [5.74, 6) is -0.133. The van der Waals surface area contributed by atoms with Crippen LogP contribution in [-0.4, -0.2) is 53.8 Å². The summed E-state index contributed by atoms with van der Waals surface area (Å²) < 4.78 is 0. The highest BCUT2D eigenvalue weighted by Crippen LogP contribution is 2.27. The van der Waals surface area contributed by atoms with Crippen molar-refractivity contribution in [2.45, 2.75) is 18.9 Å². The van der Waals surface area contributed by atoms with Gasteiger partial charge in [0.15, 0.2) is 0 Å². The highest BCUT2D eigenvalue weighted by molar-refractivity contribution is 6.39. The van der Waals surface area contributed by atoms with E-state index in [0.29, 0.717) is 41.8 Å². The summed E-state index contributed by atoms with van der Waals surface area (Å²) in [6, 6.07) is 12.8. The van der Waals surface area contributed by atoms with E-state index in [0.717, 1.165) is 18.5 Å². The minimum absolute atomic E-state index is 0.0267. The topological polar surface area (TPSA) is 52.7 Å². The maximum Gasteiger partial charge on any atom is 0.256 e. The minimum Gasteiger partial charge on any atom is -0.336 e. The van der Waals surface area contributed by atoms with Gasteiger partial charge in [-0.1, -0.05) is 47.5 Å². The van der Waals surface area contributed by atoms with E-state index < -0.39 is 0 Å². The summed E-state index contributed by atoms with van der Waals surface area (Å²) in [5.41, 5.74) is 2.42. The number of aryl methyl sites for hydroxylation is 1. The molecule has 0 bridgehead atoms. The molecular formula is C21H21Cl2N3O2. The van der Waals surface area contributed by atoms with Crippen LogP contribution in [0.25, 0.3) is 0 Å². The van der Waals surface area contributed by atoms with Crippen LogP contribution in [0, 0.1) is 0 Å². The fourth-order valence-corrected chi connectivity index (χ4v) is 4.50. The van der Waals surface area contributed by atoms with Crippen molar-refractivity contribution < 1.29 is 9.59 Å². The van der Waals surface area contributed by atoms with Crippen molar-refractivity contribution in [1.29, 1.82) is 0 Å². The van der Waals surface area contributed by atoms with Crippen LogP contribution in [0.5, 0.6) is 0 Å². The van der Waals surface area contributed by atoms with Gasteiger partial charge in [-0.05, 0) is 36.6 Å². The Kier molecular flexibility index (Phi) is 5.58.